The van der Waals surface area contributed by atoms with E-state index in [4.69, 9.17) is 0 Å². The van der Waals surface area contributed by atoms with Crippen LogP contribution < -0.4 is 11.0 Å². The molecule has 118 valence electrons. The number of nitrogens with zero attached hydrogens (tertiary/aromatic N) is 4. The molecule has 10 heteroatoms. The van der Waals surface area contributed by atoms with E-state index in [0.717, 1.165) is 26.2 Å². The van der Waals surface area contributed by atoms with Crippen LogP contribution in [-0.2, 0) is 6.54 Å². The van der Waals surface area contributed by atoms with E-state index in [1.807, 2.05) is 12.1 Å². The standard InChI is InChI=1S/C11H15BrF3N5O/c1-18-2-4-19(5-3-18)17-8-6-16-20(7-11(13,14)15)10(21)9(8)12/h6,17H,2-5,7H2,1H3. The number of hydrogen-bond donors (Lipinski definition) is 1. The molecule has 0 atom stereocenters. The number of hydrazine groups is 1. The number of nitrogens with one attached hydrogen (secondary N) is 1. The van der Waals surface area contributed by atoms with Gasteiger partial charge in [0.2, 0.25) is 0 Å². The van der Waals surface area contributed by atoms with E-state index >= 15 is 0 Å². The molecule has 2 rings (SSSR count). The molecule has 2 heterocycles. The van der Waals surface area contributed by atoms with Crippen molar-refractivity contribution in [3.63, 3.8) is 0 Å². The van der Waals surface area contributed by atoms with Crippen molar-refractivity contribution in [1.29, 1.82) is 0 Å². The number of alkyl halides is 3. The highest BCUT2D eigenvalue weighted by molar-refractivity contribution is 9.10. The SMILES string of the molecule is CN1CCN(Nc2cnn(CC(F)(F)F)c(=O)c2Br)CC1. The van der Waals surface area contributed by atoms with Crippen molar-refractivity contribution in [3.8, 4) is 0 Å². The molecular formula is C11H15BrF3N5O. The van der Waals surface area contributed by atoms with Crippen LogP contribution >= 0.6 is 15.9 Å². The molecule has 0 unspecified atom stereocenters. The lowest BCUT2D eigenvalue weighted by molar-refractivity contribution is -0.143. The highest BCUT2D eigenvalue weighted by Crippen LogP contribution is 2.20. The lowest BCUT2D eigenvalue weighted by Crippen LogP contribution is -2.47. The van der Waals surface area contributed by atoms with E-state index in [-0.39, 0.29) is 4.47 Å². The molecule has 0 aliphatic carbocycles. The first kappa shape index (κ1) is 16.2. The quantitative estimate of drug-likeness (QED) is 0.865. The molecule has 21 heavy (non-hydrogen) atoms. The molecule has 0 bridgehead atoms. The van der Waals surface area contributed by atoms with Gasteiger partial charge in [-0.25, -0.2) is 9.69 Å². The fraction of sp³-hybridized carbons (Fsp3) is 0.636. The van der Waals surface area contributed by atoms with Crippen LogP contribution in [0.3, 0.4) is 0 Å². The summed E-state index contributed by atoms with van der Waals surface area (Å²) in [7, 11) is 2.01. The lowest BCUT2D eigenvalue weighted by atomic mass is 10.4. The fourth-order valence-corrected chi connectivity index (χ4v) is 2.31. The molecule has 1 aliphatic rings. The number of halogens is 4. The molecule has 1 aliphatic heterocycles. The Morgan fingerprint density at radius 1 is 1.33 bits per heavy atom. The first-order valence-corrected chi connectivity index (χ1v) is 7.08. The molecule has 0 aromatic carbocycles. The zero-order chi connectivity index (χ0) is 15.6. The van der Waals surface area contributed by atoms with Crippen LogP contribution in [0, 0.1) is 0 Å². The molecule has 0 radical (unpaired) electrons. The summed E-state index contributed by atoms with van der Waals surface area (Å²) in [6.45, 7) is 1.81. The molecule has 1 aromatic rings. The third-order valence-corrected chi connectivity index (χ3v) is 3.86. The van der Waals surface area contributed by atoms with Crippen LogP contribution in [0.25, 0.3) is 0 Å². The highest BCUT2D eigenvalue weighted by atomic mass is 79.9. The Morgan fingerprint density at radius 2 is 1.95 bits per heavy atom. The topological polar surface area (TPSA) is 53.4 Å². The largest absolute Gasteiger partial charge is 0.408 e. The van der Waals surface area contributed by atoms with Crippen molar-refractivity contribution in [1.82, 2.24) is 19.7 Å². The Kier molecular flexibility index (Phi) is 4.89. The van der Waals surface area contributed by atoms with Crippen LogP contribution in [0.1, 0.15) is 0 Å². The van der Waals surface area contributed by atoms with E-state index < -0.39 is 18.3 Å². The molecule has 1 N–H and O–H groups in total. The molecule has 0 spiro atoms. The van der Waals surface area contributed by atoms with Crippen LogP contribution in [0.2, 0.25) is 0 Å². The first-order chi connectivity index (χ1) is 9.76. The predicted octanol–water partition coefficient (Wildman–Crippen LogP) is 1.14. The number of aromatic nitrogens is 2. The molecule has 6 nitrogen and oxygen atoms in total. The smallest absolute Gasteiger partial charge is 0.316 e. The lowest BCUT2D eigenvalue weighted by Gasteiger charge is -2.33. The Bertz CT molecular complexity index is 554. The van der Waals surface area contributed by atoms with E-state index in [0.29, 0.717) is 10.4 Å². The average molecular weight is 370 g/mol. The van der Waals surface area contributed by atoms with Crippen molar-refractivity contribution in [2.45, 2.75) is 12.7 Å². The van der Waals surface area contributed by atoms with Gasteiger partial charge in [0, 0.05) is 26.2 Å². The maximum Gasteiger partial charge on any atom is 0.408 e. The fourth-order valence-electron chi connectivity index (χ4n) is 1.91. The van der Waals surface area contributed by atoms with E-state index in [1.54, 1.807) is 0 Å². The highest BCUT2D eigenvalue weighted by Gasteiger charge is 2.29. The minimum Gasteiger partial charge on any atom is -0.316 e. The minimum absolute atomic E-state index is 0.0423. The van der Waals surface area contributed by atoms with Gasteiger partial charge >= 0.3 is 6.18 Å². The van der Waals surface area contributed by atoms with Crippen LogP contribution in [0.4, 0.5) is 18.9 Å². The summed E-state index contributed by atoms with van der Waals surface area (Å²) in [6, 6.07) is 0. The third-order valence-electron chi connectivity index (χ3n) is 3.10. The number of hydrogen-bond acceptors (Lipinski definition) is 5. The van der Waals surface area contributed by atoms with Gasteiger partial charge in [-0.3, -0.25) is 4.79 Å². The van der Waals surface area contributed by atoms with Crippen molar-refractivity contribution in [2.75, 3.05) is 38.7 Å². The van der Waals surface area contributed by atoms with Crippen molar-refractivity contribution in [2.24, 2.45) is 0 Å². The average Bonchev–Trinajstić information content (AvgIpc) is 2.39. The summed E-state index contributed by atoms with van der Waals surface area (Å²) >= 11 is 3.04. The Morgan fingerprint density at radius 3 is 2.52 bits per heavy atom. The maximum absolute atomic E-state index is 12.3. The van der Waals surface area contributed by atoms with Gasteiger partial charge in [0.05, 0.1) is 11.9 Å². The number of piperazine rings is 1. The zero-order valence-corrected chi connectivity index (χ0v) is 12.9. The number of rotatable bonds is 3. The molecule has 1 saturated heterocycles. The van der Waals surface area contributed by atoms with Gasteiger partial charge in [-0.1, -0.05) is 0 Å². The third kappa shape index (κ3) is 4.42. The van der Waals surface area contributed by atoms with Gasteiger partial charge in [-0.15, -0.1) is 0 Å². The summed E-state index contributed by atoms with van der Waals surface area (Å²) < 4.78 is 37.4. The van der Waals surface area contributed by atoms with Gasteiger partial charge in [0.1, 0.15) is 11.0 Å². The zero-order valence-electron chi connectivity index (χ0n) is 11.3. The monoisotopic (exact) mass is 369 g/mol. The van der Waals surface area contributed by atoms with E-state index in [2.05, 4.69) is 31.4 Å². The molecule has 0 amide bonds. The van der Waals surface area contributed by atoms with Gasteiger partial charge in [0.15, 0.2) is 0 Å². The number of likely N-dealkylation sites (N-methyl/N-ethyl adjacent to an activating group) is 1. The normalized spacial score (nSPS) is 18.0. The molecule has 1 fully saturated rings. The van der Waals surface area contributed by atoms with Crippen molar-refractivity contribution < 1.29 is 13.2 Å². The Labute approximate surface area is 127 Å². The number of anilines is 1. The van der Waals surface area contributed by atoms with E-state index in [9.17, 15) is 18.0 Å². The van der Waals surface area contributed by atoms with Gasteiger partial charge < -0.3 is 10.3 Å². The van der Waals surface area contributed by atoms with Crippen LogP contribution in [0.5, 0.6) is 0 Å². The molecular weight excluding hydrogens is 355 g/mol. The van der Waals surface area contributed by atoms with Gasteiger partial charge in [0.25, 0.3) is 5.56 Å². The summed E-state index contributed by atoms with van der Waals surface area (Å²) in [5.41, 5.74) is 2.55. The Balaban J connectivity index is 2.12. The maximum atomic E-state index is 12.3. The van der Waals surface area contributed by atoms with E-state index in [1.165, 1.54) is 6.20 Å². The van der Waals surface area contributed by atoms with Crippen molar-refractivity contribution in [3.05, 3.63) is 21.0 Å². The first-order valence-electron chi connectivity index (χ1n) is 6.29. The summed E-state index contributed by atoms with van der Waals surface area (Å²) in [5, 5.41) is 5.46. The molecule has 1 aromatic heterocycles. The second-order valence-corrected chi connectivity index (χ2v) is 5.65. The second-order valence-electron chi connectivity index (χ2n) is 4.85. The summed E-state index contributed by atoms with van der Waals surface area (Å²) in [5.74, 6) is 0. The van der Waals surface area contributed by atoms with Gasteiger partial charge in [-0.05, 0) is 23.0 Å². The summed E-state index contributed by atoms with van der Waals surface area (Å²) in [6.07, 6.45) is -3.27. The molecule has 0 saturated carbocycles. The van der Waals surface area contributed by atoms with Crippen molar-refractivity contribution >= 4 is 21.6 Å². The minimum atomic E-state index is -4.48. The van der Waals surface area contributed by atoms with Gasteiger partial charge in [-0.2, -0.15) is 18.3 Å². The second kappa shape index (κ2) is 6.32. The van der Waals surface area contributed by atoms with Crippen LogP contribution in [-0.4, -0.2) is 59.1 Å². The summed E-state index contributed by atoms with van der Waals surface area (Å²) in [4.78, 5) is 14.0. The Hall–Kier alpha value is -1.13. The predicted molar refractivity (Wildman–Crippen MR) is 74.9 cm³/mol. The van der Waals surface area contributed by atoms with Crippen LogP contribution in [0.15, 0.2) is 15.5 Å².